The zero-order valence-corrected chi connectivity index (χ0v) is 10.7. The Hall–Kier alpha value is -0.890. The summed E-state index contributed by atoms with van der Waals surface area (Å²) >= 11 is 0. The van der Waals surface area contributed by atoms with Crippen LogP contribution in [-0.4, -0.2) is 18.1 Å². The number of likely N-dealkylation sites (N-methyl/N-ethyl adjacent to an activating group) is 1. The number of hydrogen-bond donors (Lipinski definition) is 1. The van der Waals surface area contributed by atoms with Gasteiger partial charge in [0.2, 0.25) is 0 Å². The van der Waals surface area contributed by atoms with E-state index in [1.165, 1.54) is 25.0 Å². The van der Waals surface area contributed by atoms with Crippen LogP contribution in [0, 0.1) is 5.92 Å². The first-order chi connectivity index (χ1) is 7.76. The van der Waals surface area contributed by atoms with Crippen LogP contribution in [0.15, 0.2) is 24.4 Å². The molecule has 1 heterocycles. The Balaban J connectivity index is 2.43. The van der Waals surface area contributed by atoms with E-state index >= 15 is 0 Å². The molecule has 0 amide bonds. The molecule has 16 heavy (non-hydrogen) atoms. The highest BCUT2D eigenvalue weighted by Gasteiger charge is 2.11. The monoisotopic (exact) mass is 220 g/mol. The van der Waals surface area contributed by atoms with Crippen molar-refractivity contribution in [2.75, 3.05) is 7.05 Å². The fourth-order valence-electron chi connectivity index (χ4n) is 2.17. The number of pyridine rings is 1. The van der Waals surface area contributed by atoms with E-state index in [1.807, 2.05) is 19.3 Å². The van der Waals surface area contributed by atoms with Gasteiger partial charge in [0.25, 0.3) is 0 Å². The van der Waals surface area contributed by atoms with Gasteiger partial charge in [-0.05, 0) is 31.5 Å². The van der Waals surface area contributed by atoms with Crippen molar-refractivity contribution >= 4 is 0 Å². The van der Waals surface area contributed by atoms with Gasteiger partial charge in [0.15, 0.2) is 0 Å². The molecule has 1 aromatic heterocycles. The van der Waals surface area contributed by atoms with Gasteiger partial charge in [-0.2, -0.15) is 0 Å². The molecule has 0 bridgehead atoms. The molecule has 2 atom stereocenters. The maximum Gasteiger partial charge on any atom is 0.0419 e. The van der Waals surface area contributed by atoms with E-state index in [0.29, 0.717) is 6.04 Å². The third-order valence-corrected chi connectivity index (χ3v) is 3.06. The smallest absolute Gasteiger partial charge is 0.0419 e. The fraction of sp³-hybridized carbons (Fsp3) is 0.643. The van der Waals surface area contributed by atoms with Gasteiger partial charge in [-0.1, -0.05) is 32.8 Å². The van der Waals surface area contributed by atoms with Gasteiger partial charge in [-0.3, -0.25) is 4.98 Å². The summed E-state index contributed by atoms with van der Waals surface area (Å²) in [5.74, 6) is 0.797. The van der Waals surface area contributed by atoms with Crippen molar-refractivity contribution in [3.8, 4) is 0 Å². The summed E-state index contributed by atoms with van der Waals surface area (Å²) in [6, 6.07) is 6.69. The summed E-state index contributed by atoms with van der Waals surface area (Å²) in [5.41, 5.74) is 1.19. The first-order valence-corrected chi connectivity index (χ1v) is 6.33. The third-order valence-electron chi connectivity index (χ3n) is 3.06. The molecule has 0 saturated heterocycles. The van der Waals surface area contributed by atoms with Crippen LogP contribution in [0.25, 0.3) is 0 Å². The molecule has 1 rings (SSSR count). The van der Waals surface area contributed by atoms with E-state index in [1.54, 1.807) is 0 Å². The van der Waals surface area contributed by atoms with Gasteiger partial charge in [0.05, 0.1) is 0 Å². The standard InChI is InChI=1S/C14H24N2/c1-4-7-12(2)10-14(15-3)11-13-8-5-6-9-16-13/h5-6,8-9,12,14-15H,4,7,10-11H2,1-3H3. The molecule has 1 aromatic rings. The van der Waals surface area contributed by atoms with E-state index in [9.17, 15) is 0 Å². The Kier molecular flexibility index (Phi) is 6.09. The Bertz CT molecular complexity index is 271. The first kappa shape index (κ1) is 13.2. The maximum atomic E-state index is 4.38. The number of nitrogens with one attached hydrogen (secondary N) is 1. The highest BCUT2D eigenvalue weighted by molar-refractivity contribution is 5.05. The van der Waals surface area contributed by atoms with Gasteiger partial charge >= 0.3 is 0 Å². The summed E-state index contributed by atoms with van der Waals surface area (Å²) < 4.78 is 0. The van der Waals surface area contributed by atoms with Crippen molar-refractivity contribution in [2.45, 2.75) is 45.6 Å². The molecular weight excluding hydrogens is 196 g/mol. The fourth-order valence-corrected chi connectivity index (χ4v) is 2.17. The minimum absolute atomic E-state index is 0.552. The van der Waals surface area contributed by atoms with Crippen molar-refractivity contribution in [2.24, 2.45) is 5.92 Å². The Morgan fingerprint density at radius 2 is 2.19 bits per heavy atom. The van der Waals surface area contributed by atoms with Crippen molar-refractivity contribution in [3.63, 3.8) is 0 Å². The van der Waals surface area contributed by atoms with E-state index < -0.39 is 0 Å². The first-order valence-electron chi connectivity index (χ1n) is 6.33. The maximum absolute atomic E-state index is 4.38. The SMILES string of the molecule is CCCC(C)CC(Cc1ccccn1)NC. The second-order valence-corrected chi connectivity index (χ2v) is 4.64. The average molecular weight is 220 g/mol. The van der Waals surface area contributed by atoms with Crippen LogP contribution >= 0.6 is 0 Å². The zero-order chi connectivity index (χ0) is 11.8. The molecule has 0 saturated carbocycles. The van der Waals surface area contributed by atoms with Gasteiger partial charge in [0.1, 0.15) is 0 Å². The highest BCUT2D eigenvalue weighted by atomic mass is 14.9. The number of nitrogens with zero attached hydrogens (tertiary/aromatic N) is 1. The Labute approximate surface area is 99.5 Å². The predicted molar refractivity (Wildman–Crippen MR) is 69.5 cm³/mol. The number of hydrogen-bond acceptors (Lipinski definition) is 2. The number of aromatic nitrogens is 1. The largest absolute Gasteiger partial charge is 0.317 e. The molecular formula is C14H24N2. The van der Waals surface area contributed by atoms with Crippen LogP contribution in [0.2, 0.25) is 0 Å². The topological polar surface area (TPSA) is 24.9 Å². The van der Waals surface area contributed by atoms with Crippen LogP contribution in [0.4, 0.5) is 0 Å². The average Bonchev–Trinajstić information content (AvgIpc) is 2.30. The zero-order valence-electron chi connectivity index (χ0n) is 10.7. The minimum atomic E-state index is 0.552. The van der Waals surface area contributed by atoms with E-state index in [2.05, 4.69) is 36.3 Å². The van der Waals surface area contributed by atoms with Crippen LogP contribution < -0.4 is 5.32 Å². The highest BCUT2D eigenvalue weighted by Crippen LogP contribution is 2.14. The quantitative estimate of drug-likeness (QED) is 0.764. The van der Waals surface area contributed by atoms with E-state index in [-0.39, 0.29) is 0 Å². The number of rotatable bonds is 7. The normalized spacial score (nSPS) is 14.7. The molecule has 0 radical (unpaired) electrons. The molecule has 0 spiro atoms. The molecule has 2 unspecified atom stereocenters. The molecule has 0 aliphatic heterocycles. The molecule has 2 heteroatoms. The van der Waals surface area contributed by atoms with Crippen LogP contribution in [0.3, 0.4) is 0 Å². The van der Waals surface area contributed by atoms with E-state index in [0.717, 1.165) is 12.3 Å². The molecule has 1 N–H and O–H groups in total. The molecule has 0 aromatic carbocycles. The summed E-state index contributed by atoms with van der Waals surface area (Å²) in [7, 11) is 2.05. The molecule has 0 aliphatic rings. The summed E-state index contributed by atoms with van der Waals surface area (Å²) in [6.45, 7) is 4.59. The third kappa shape index (κ3) is 4.75. The van der Waals surface area contributed by atoms with Crippen LogP contribution in [0.5, 0.6) is 0 Å². The molecule has 2 nitrogen and oxygen atoms in total. The van der Waals surface area contributed by atoms with Gasteiger partial charge in [-0.25, -0.2) is 0 Å². The molecule has 0 fully saturated rings. The van der Waals surface area contributed by atoms with Crippen LogP contribution in [0.1, 0.15) is 38.8 Å². The lowest BCUT2D eigenvalue weighted by Crippen LogP contribution is -2.29. The van der Waals surface area contributed by atoms with Crippen molar-refractivity contribution in [1.82, 2.24) is 10.3 Å². The van der Waals surface area contributed by atoms with Gasteiger partial charge in [0, 0.05) is 24.4 Å². The minimum Gasteiger partial charge on any atom is -0.317 e. The molecule has 90 valence electrons. The van der Waals surface area contributed by atoms with Crippen molar-refractivity contribution < 1.29 is 0 Å². The second-order valence-electron chi connectivity index (χ2n) is 4.64. The second kappa shape index (κ2) is 7.39. The molecule has 0 aliphatic carbocycles. The Morgan fingerprint density at radius 1 is 1.38 bits per heavy atom. The Morgan fingerprint density at radius 3 is 2.75 bits per heavy atom. The lowest BCUT2D eigenvalue weighted by atomic mass is 9.95. The van der Waals surface area contributed by atoms with Crippen molar-refractivity contribution in [3.05, 3.63) is 30.1 Å². The summed E-state index contributed by atoms with van der Waals surface area (Å²) in [6.07, 6.45) is 6.74. The van der Waals surface area contributed by atoms with E-state index in [4.69, 9.17) is 0 Å². The van der Waals surface area contributed by atoms with Crippen LogP contribution in [-0.2, 0) is 6.42 Å². The van der Waals surface area contributed by atoms with Crippen molar-refractivity contribution in [1.29, 1.82) is 0 Å². The lowest BCUT2D eigenvalue weighted by molar-refractivity contribution is 0.395. The van der Waals surface area contributed by atoms with Gasteiger partial charge in [-0.15, -0.1) is 0 Å². The summed E-state index contributed by atoms with van der Waals surface area (Å²) in [4.78, 5) is 4.38. The predicted octanol–water partition coefficient (Wildman–Crippen LogP) is 3.04. The van der Waals surface area contributed by atoms with Gasteiger partial charge < -0.3 is 5.32 Å². The summed E-state index contributed by atoms with van der Waals surface area (Å²) in [5, 5.41) is 3.40. The lowest BCUT2D eigenvalue weighted by Gasteiger charge is -2.19.